The fourth-order valence-corrected chi connectivity index (χ4v) is 2.65. The van der Waals surface area contributed by atoms with Crippen LogP contribution in [0.25, 0.3) is 0 Å². The van der Waals surface area contributed by atoms with Gasteiger partial charge in [0.05, 0.1) is 18.1 Å². The first-order chi connectivity index (χ1) is 8.63. The second-order valence-corrected chi connectivity index (χ2v) is 5.22. The molecule has 3 N–H and O–H groups in total. The van der Waals surface area contributed by atoms with Crippen molar-refractivity contribution in [3.05, 3.63) is 36.3 Å². The lowest BCUT2D eigenvalue weighted by Gasteiger charge is -2.07. The highest BCUT2D eigenvalue weighted by Crippen LogP contribution is 2.16. The third-order valence-corrected chi connectivity index (χ3v) is 3.62. The fraction of sp³-hybridized carbons (Fsp3) is 0.200. The molecule has 2 aromatic heterocycles. The van der Waals surface area contributed by atoms with E-state index in [-0.39, 0.29) is 5.03 Å². The SMILES string of the molecule is CNCc1cn[nH]c1S(=O)(=O)Nc1cccnc1. The predicted octanol–water partition coefficient (Wildman–Crippen LogP) is 0.325. The van der Waals surface area contributed by atoms with Crippen molar-refractivity contribution < 1.29 is 8.42 Å². The van der Waals surface area contributed by atoms with Crippen LogP contribution in [0.5, 0.6) is 0 Å². The Labute approximate surface area is 105 Å². The summed E-state index contributed by atoms with van der Waals surface area (Å²) in [7, 11) is -1.94. The van der Waals surface area contributed by atoms with E-state index >= 15 is 0 Å². The third kappa shape index (κ3) is 2.66. The highest BCUT2D eigenvalue weighted by molar-refractivity contribution is 7.92. The highest BCUT2D eigenvalue weighted by atomic mass is 32.2. The quantitative estimate of drug-likeness (QED) is 0.724. The van der Waals surface area contributed by atoms with Crippen LogP contribution < -0.4 is 10.0 Å². The van der Waals surface area contributed by atoms with E-state index in [2.05, 4.69) is 25.2 Å². The molecule has 0 saturated carbocycles. The first-order valence-electron chi connectivity index (χ1n) is 5.23. The fourth-order valence-electron chi connectivity index (χ4n) is 1.48. The number of rotatable bonds is 5. The summed E-state index contributed by atoms with van der Waals surface area (Å²) in [6.07, 6.45) is 4.49. The summed E-state index contributed by atoms with van der Waals surface area (Å²) in [5, 5.41) is 9.18. The van der Waals surface area contributed by atoms with Gasteiger partial charge in [0.2, 0.25) is 0 Å². The van der Waals surface area contributed by atoms with Crippen LogP contribution in [0.3, 0.4) is 0 Å². The second kappa shape index (κ2) is 5.15. The zero-order chi connectivity index (χ0) is 13.0. The lowest BCUT2D eigenvalue weighted by Crippen LogP contribution is -2.17. The Hall–Kier alpha value is -1.93. The molecule has 0 aliphatic carbocycles. The standard InChI is InChI=1S/C10H13N5O2S/c1-11-5-8-6-13-14-10(8)18(16,17)15-9-3-2-4-12-7-9/h2-4,6-7,11,15H,5H2,1H3,(H,13,14). The van der Waals surface area contributed by atoms with E-state index in [1.165, 1.54) is 12.4 Å². The monoisotopic (exact) mass is 267 g/mol. The summed E-state index contributed by atoms with van der Waals surface area (Å²) in [6, 6.07) is 3.28. The Morgan fingerprint density at radius 3 is 2.89 bits per heavy atom. The number of nitrogens with one attached hydrogen (secondary N) is 3. The first-order valence-corrected chi connectivity index (χ1v) is 6.71. The molecule has 7 nitrogen and oxygen atoms in total. The molecule has 0 aliphatic heterocycles. The Morgan fingerprint density at radius 2 is 2.22 bits per heavy atom. The van der Waals surface area contributed by atoms with Gasteiger partial charge >= 0.3 is 0 Å². The maximum absolute atomic E-state index is 12.1. The number of pyridine rings is 1. The van der Waals surface area contributed by atoms with Gasteiger partial charge in [-0.1, -0.05) is 0 Å². The highest BCUT2D eigenvalue weighted by Gasteiger charge is 2.20. The number of sulfonamides is 1. The topological polar surface area (TPSA) is 99.8 Å². The zero-order valence-corrected chi connectivity index (χ0v) is 10.5. The summed E-state index contributed by atoms with van der Waals surface area (Å²) in [5.41, 5.74) is 0.983. The summed E-state index contributed by atoms with van der Waals surface area (Å²) < 4.78 is 26.7. The minimum Gasteiger partial charge on any atom is -0.316 e. The number of nitrogens with zero attached hydrogens (tertiary/aromatic N) is 2. The lowest BCUT2D eigenvalue weighted by molar-refractivity contribution is 0.595. The lowest BCUT2D eigenvalue weighted by atomic mass is 10.4. The van der Waals surface area contributed by atoms with Crippen molar-refractivity contribution in [2.24, 2.45) is 0 Å². The number of aromatic nitrogens is 3. The van der Waals surface area contributed by atoms with Crippen LogP contribution in [0.15, 0.2) is 35.7 Å². The summed E-state index contributed by atoms with van der Waals surface area (Å²) in [5.74, 6) is 0. The van der Waals surface area contributed by atoms with Crippen molar-refractivity contribution in [2.75, 3.05) is 11.8 Å². The summed E-state index contributed by atoms with van der Waals surface area (Å²) in [4.78, 5) is 3.84. The van der Waals surface area contributed by atoms with Crippen LogP contribution in [0.2, 0.25) is 0 Å². The zero-order valence-electron chi connectivity index (χ0n) is 9.71. The molecule has 2 aromatic rings. The van der Waals surface area contributed by atoms with E-state index in [9.17, 15) is 8.42 Å². The van der Waals surface area contributed by atoms with Crippen LogP contribution in [-0.4, -0.2) is 30.6 Å². The first kappa shape index (κ1) is 12.5. The molecule has 0 amide bonds. The van der Waals surface area contributed by atoms with Crippen LogP contribution in [0.1, 0.15) is 5.56 Å². The Balaban J connectivity index is 2.28. The van der Waals surface area contributed by atoms with Crippen molar-refractivity contribution in [3.63, 3.8) is 0 Å². The maximum Gasteiger partial charge on any atom is 0.279 e. The molecule has 8 heteroatoms. The molecule has 0 bridgehead atoms. The van der Waals surface area contributed by atoms with Crippen molar-refractivity contribution in [1.29, 1.82) is 0 Å². The van der Waals surface area contributed by atoms with E-state index in [1.807, 2.05) is 0 Å². The normalized spacial score (nSPS) is 11.4. The summed E-state index contributed by atoms with van der Waals surface area (Å²) >= 11 is 0. The van der Waals surface area contributed by atoms with E-state index < -0.39 is 10.0 Å². The van der Waals surface area contributed by atoms with E-state index in [0.29, 0.717) is 17.8 Å². The van der Waals surface area contributed by atoms with Crippen LogP contribution in [0, 0.1) is 0 Å². The maximum atomic E-state index is 12.1. The van der Waals surface area contributed by atoms with Gasteiger partial charge in [0.15, 0.2) is 5.03 Å². The molecular formula is C10H13N5O2S. The van der Waals surface area contributed by atoms with Crippen molar-refractivity contribution in [3.8, 4) is 0 Å². The molecule has 0 fully saturated rings. The molecule has 2 heterocycles. The van der Waals surface area contributed by atoms with Gasteiger partial charge in [0.25, 0.3) is 10.0 Å². The van der Waals surface area contributed by atoms with Gasteiger partial charge in [-0.05, 0) is 19.2 Å². The van der Waals surface area contributed by atoms with Crippen molar-refractivity contribution in [1.82, 2.24) is 20.5 Å². The van der Waals surface area contributed by atoms with Crippen LogP contribution in [-0.2, 0) is 16.6 Å². The molecule has 0 atom stereocenters. The van der Waals surface area contributed by atoms with Gasteiger partial charge in [-0.25, -0.2) is 0 Å². The van der Waals surface area contributed by atoms with Gasteiger partial charge in [-0.2, -0.15) is 13.5 Å². The molecule has 0 spiro atoms. The Kier molecular flexibility index (Phi) is 3.58. The van der Waals surface area contributed by atoms with E-state index in [4.69, 9.17) is 0 Å². The molecule has 0 saturated heterocycles. The number of H-pyrrole nitrogens is 1. The van der Waals surface area contributed by atoms with E-state index in [1.54, 1.807) is 25.4 Å². The molecule has 0 aromatic carbocycles. The van der Waals surface area contributed by atoms with Crippen LogP contribution in [0.4, 0.5) is 5.69 Å². The van der Waals surface area contributed by atoms with Gasteiger partial charge in [-0.3, -0.25) is 14.8 Å². The Morgan fingerprint density at radius 1 is 1.39 bits per heavy atom. The van der Waals surface area contributed by atoms with Crippen molar-refractivity contribution in [2.45, 2.75) is 11.6 Å². The number of aromatic amines is 1. The molecule has 0 radical (unpaired) electrons. The van der Waals surface area contributed by atoms with Gasteiger partial charge in [0, 0.05) is 18.3 Å². The Bertz CT molecular complexity index is 608. The molecule has 96 valence electrons. The molecule has 2 rings (SSSR count). The van der Waals surface area contributed by atoms with Crippen LogP contribution >= 0.6 is 0 Å². The van der Waals surface area contributed by atoms with Gasteiger partial charge in [0.1, 0.15) is 0 Å². The van der Waals surface area contributed by atoms with Gasteiger partial charge < -0.3 is 5.32 Å². The molecular weight excluding hydrogens is 254 g/mol. The largest absolute Gasteiger partial charge is 0.316 e. The molecule has 0 aliphatic rings. The second-order valence-electron chi connectivity index (χ2n) is 3.60. The molecule has 18 heavy (non-hydrogen) atoms. The average molecular weight is 267 g/mol. The minimum absolute atomic E-state index is 0.0562. The number of anilines is 1. The minimum atomic E-state index is -3.67. The number of hydrogen-bond acceptors (Lipinski definition) is 5. The predicted molar refractivity (Wildman–Crippen MR) is 66.4 cm³/mol. The number of hydrogen-bond donors (Lipinski definition) is 3. The van der Waals surface area contributed by atoms with E-state index in [0.717, 1.165) is 0 Å². The third-order valence-electron chi connectivity index (χ3n) is 2.23. The average Bonchev–Trinajstić information content (AvgIpc) is 2.79. The van der Waals surface area contributed by atoms with Crippen molar-refractivity contribution >= 4 is 15.7 Å². The summed E-state index contributed by atoms with van der Waals surface area (Å²) in [6.45, 7) is 0.416. The van der Waals surface area contributed by atoms with Gasteiger partial charge in [-0.15, -0.1) is 0 Å². The smallest absolute Gasteiger partial charge is 0.279 e. The molecule has 0 unspecified atom stereocenters.